The van der Waals surface area contributed by atoms with Gasteiger partial charge in [0.15, 0.2) is 0 Å². The van der Waals surface area contributed by atoms with Crippen molar-refractivity contribution in [1.82, 2.24) is 5.32 Å². The molecule has 0 heterocycles. The fourth-order valence-electron chi connectivity index (χ4n) is 2.40. The van der Waals surface area contributed by atoms with Crippen molar-refractivity contribution in [2.45, 2.75) is 41.2 Å². The Morgan fingerprint density at radius 3 is 2.29 bits per heavy atom. The highest BCUT2D eigenvalue weighted by Crippen LogP contribution is 2.32. The van der Waals surface area contributed by atoms with Gasteiger partial charge in [0.25, 0.3) is 0 Å². The van der Waals surface area contributed by atoms with E-state index in [4.69, 9.17) is 4.74 Å². The third-order valence-corrected chi connectivity index (χ3v) is 3.90. The second-order valence-corrected chi connectivity index (χ2v) is 5.64. The smallest absolute Gasteiger partial charge is 0.133 e. The predicted molar refractivity (Wildman–Crippen MR) is 89.3 cm³/mol. The Morgan fingerprint density at radius 1 is 0.905 bits per heavy atom. The minimum Gasteiger partial charge on any atom is -0.457 e. The summed E-state index contributed by atoms with van der Waals surface area (Å²) in [4.78, 5) is 0. The third-order valence-electron chi connectivity index (χ3n) is 3.90. The van der Waals surface area contributed by atoms with Gasteiger partial charge >= 0.3 is 0 Å². The van der Waals surface area contributed by atoms with Crippen molar-refractivity contribution in [2.75, 3.05) is 6.54 Å². The van der Waals surface area contributed by atoms with Crippen LogP contribution in [0.25, 0.3) is 0 Å². The predicted octanol–water partition coefficient (Wildman–Crippen LogP) is 4.82. The standard InChI is InChI=1S/C19H25NO/c1-6-20-12-17-9-10-18(15(4)11-17)21-19-14(3)8-7-13(2)16(19)5/h7-11,20H,6,12H2,1-5H3. The zero-order valence-electron chi connectivity index (χ0n) is 13.7. The van der Waals surface area contributed by atoms with Gasteiger partial charge < -0.3 is 10.1 Å². The average molecular weight is 283 g/mol. The minimum atomic E-state index is 0.903. The van der Waals surface area contributed by atoms with Crippen molar-refractivity contribution in [2.24, 2.45) is 0 Å². The maximum absolute atomic E-state index is 6.19. The van der Waals surface area contributed by atoms with Crippen LogP contribution in [0.2, 0.25) is 0 Å². The number of hydrogen-bond acceptors (Lipinski definition) is 2. The van der Waals surface area contributed by atoms with Gasteiger partial charge in [-0.15, -0.1) is 0 Å². The Labute approximate surface area is 128 Å². The van der Waals surface area contributed by atoms with Crippen LogP contribution in [-0.2, 0) is 6.54 Å². The molecular weight excluding hydrogens is 258 g/mol. The Balaban J connectivity index is 2.26. The number of ether oxygens (including phenoxy) is 1. The van der Waals surface area contributed by atoms with E-state index in [1.54, 1.807) is 0 Å². The van der Waals surface area contributed by atoms with E-state index in [0.29, 0.717) is 0 Å². The van der Waals surface area contributed by atoms with E-state index in [2.05, 4.69) is 70.3 Å². The van der Waals surface area contributed by atoms with Crippen LogP contribution in [0.5, 0.6) is 11.5 Å². The summed E-state index contributed by atoms with van der Waals surface area (Å²) in [6.07, 6.45) is 0. The Bertz CT molecular complexity index is 632. The molecule has 0 fully saturated rings. The lowest BCUT2D eigenvalue weighted by Crippen LogP contribution is -2.11. The molecule has 0 bridgehead atoms. The summed E-state index contributed by atoms with van der Waals surface area (Å²) >= 11 is 0. The van der Waals surface area contributed by atoms with Gasteiger partial charge in [-0.2, -0.15) is 0 Å². The van der Waals surface area contributed by atoms with Crippen molar-refractivity contribution >= 4 is 0 Å². The van der Waals surface area contributed by atoms with Crippen LogP contribution >= 0.6 is 0 Å². The minimum absolute atomic E-state index is 0.903. The average Bonchev–Trinajstić information content (AvgIpc) is 2.47. The molecule has 0 amide bonds. The monoisotopic (exact) mass is 283 g/mol. The summed E-state index contributed by atoms with van der Waals surface area (Å²) in [5, 5.41) is 3.35. The van der Waals surface area contributed by atoms with E-state index in [1.807, 2.05) is 0 Å². The van der Waals surface area contributed by atoms with Gasteiger partial charge in [0, 0.05) is 6.54 Å². The first kappa shape index (κ1) is 15.6. The maximum atomic E-state index is 6.19. The quantitative estimate of drug-likeness (QED) is 0.849. The van der Waals surface area contributed by atoms with Crippen LogP contribution in [-0.4, -0.2) is 6.54 Å². The molecule has 0 saturated heterocycles. The molecule has 0 aromatic heterocycles. The fourth-order valence-corrected chi connectivity index (χ4v) is 2.40. The van der Waals surface area contributed by atoms with Crippen LogP contribution in [0.3, 0.4) is 0 Å². The van der Waals surface area contributed by atoms with Crippen molar-refractivity contribution in [3.05, 3.63) is 58.1 Å². The van der Waals surface area contributed by atoms with Crippen molar-refractivity contribution in [1.29, 1.82) is 0 Å². The Kier molecular flexibility index (Phi) is 5.03. The fraction of sp³-hybridized carbons (Fsp3) is 0.368. The number of rotatable bonds is 5. The molecule has 0 unspecified atom stereocenters. The van der Waals surface area contributed by atoms with E-state index < -0.39 is 0 Å². The summed E-state index contributed by atoms with van der Waals surface area (Å²) in [5.41, 5.74) is 6.11. The SMILES string of the molecule is CCNCc1ccc(Oc2c(C)ccc(C)c2C)c(C)c1. The van der Waals surface area contributed by atoms with Crippen molar-refractivity contribution in [3.8, 4) is 11.5 Å². The Hall–Kier alpha value is -1.80. The zero-order valence-corrected chi connectivity index (χ0v) is 13.7. The van der Waals surface area contributed by atoms with E-state index >= 15 is 0 Å². The number of aryl methyl sites for hydroxylation is 3. The van der Waals surface area contributed by atoms with Gasteiger partial charge in [-0.25, -0.2) is 0 Å². The van der Waals surface area contributed by atoms with Crippen molar-refractivity contribution in [3.63, 3.8) is 0 Å². The van der Waals surface area contributed by atoms with Crippen LogP contribution < -0.4 is 10.1 Å². The van der Waals surface area contributed by atoms with E-state index in [-0.39, 0.29) is 0 Å². The van der Waals surface area contributed by atoms with Crippen LogP contribution in [0.1, 0.15) is 34.7 Å². The lowest BCUT2D eigenvalue weighted by atomic mass is 10.0. The van der Waals surface area contributed by atoms with Gasteiger partial charge in [0.1, 0.15) is 11.5 Å². The highest BCUT2D eigenvalue weighted by Gasteiger charge is 2.09. The topological polar surface area (TPSA) is 21.3 Å². The van der Waals surface area contributed by atoms with Crippen molar-refractivity contribution < 1.29 is 4.74 Å². The molecule has 1 N–H and O–H groups in total. The second-order valence-electron chi connectivity index (χ2n) is 5.64. The molecule has 0 aliphatic rings. The summed E-state index contributed by atoms with van der Waals surface area (Å²) in [7, 11) is 0. The number of benzene rings is 2. The van der Waals surface area contributed by atoms with Gasteiger partial charge in [0.05, 0.1) is 0 Å². The van der Waals surface area contributed by atoms with Crippen LogP contribution in [0, 0.1) is 27.7 Å². The largest absolute Gasteiger partial charge is 0.457 e. The molecule has 2 rings (SSSR count). The van der Waals surface area contributed by atoms with Crippen LogP contribution in [0.15, 0.2) is 30.3 Å². The van der Waals surface area contributed by atoms with Gasteiger partial charge in [-0.05, 0) is 68.1 Å². The normalized spacial score (nSPS) is 10.7. The molecule has 0 atom stereocenters. The zero-order chi connectivity index (χ0) is 15.4. The molecule has 2 heteroatoms. The Morgan fingerprint density at radius 2 is 1.62 bits per heavy atom. The molecule has 2 aromatic rings. The molecule has 0 aliphatic heterocycles. The highest BCUT2D eigenvalue weighted by atomic mass is 16.5. The lowest BCUT2D eigenvalue weighted by Gasteiger charge is -2.16. The summed E-state index contributed by atoms with van der Waals surface area (Å²) in [6, 6.07) is 10.7. The summed E-state index contributed by atoms with van der Waals surface area (Å²) < 4.78 is 6.19. The molecule has 21 heavy (non-hydrogen) atoms. The summed E-state index contributed by atoms with van der Waals surface area (Å²) in [6.45, 7) is 12.4. The molecule has 0 aliphatic carbocycles. The molecule has 0 spiro atoms. The maximum Gasteiger partial charge on any atom is 0.133 e. The molecule has 112 valence electrons. The second kappa shape index (κ2) is 6.77. The van der Waals surface area contributed by atoms with E-state index in [9.17, 15) is 0 Å². The first-order valence-electron chi connectivity index (χ1n) is 7.57. The summed E-state index contributed by atoms with van der Waals surface area (Å²) in [5.74, 6) is 1.92. The number of nitrogens with one attached hydrogen (secondary N) is 1. The third kappa shape index (κ3) is 3.64. The van der Waals surface area contributed by atoms with Gasteiger partial charge in [-0.3, -0.25) is 0 Å². The molecular formula is C19H25NO. The first-order valence-corrected chi connectivity index (χ1v) is 7.57. The van der Waals surface area contributed by atoms with Crippen LogP contribution in [0.4, 0.5) is 0 Å². The molecule has 2 nitrogen and oxygen atoms in total. The van der Waals surface area contributed by atoms with E-state index in [0.717, 1.165) is 24.6 Å². The molecule has 0 saturated carbocycles. The lowest BCUT2D eigenvalue weighted by molar-refractivity contribution is 0.470. The highest BCUT2D eigenvalue weighted by molar-refractivity contribution is 5.48. The van der Waals surface area contributed by atoms with E-state index in [1.165, 1.54) is 27.8 Å². The van der Waals surface area contributed by atoms with Gasteiger partial charge in [-0.1, -0.05) is 31.2 Å². The number of hydrogen-bond donors (Lipinski definition) is 1. The van der Waals surface area contributed by atoms with Gasteiger partial charge in [0.2, 0.25) is 0 Å². The molecule has 0 radical (unpaired) electrons. The first-order chi connectivity index (χ1) is 10.0. The molecule has 2 aromatic carbocycles.